The van der Waals surface area contributed by atoms with Crippen molar-refractivity contribution in [2.45, 2.75) is 52.9 Å². The van der Waals surface area contributed by atoms with Gasteiger partial charge in [-0.1, -0.05) is 40.0 Å². The summed E-state index contributed by atoms with van der Waals surface area (Å²) in [5, 5.41) is 8.41. The second kappa shape index (κ2) is 6.93. The molecule has 13 heavy (non-hydrogen) atoms. The van der Waals surface area contributed by atoms with Gasteiger partial charge in [-0.25, -0.2) is 0 Å². The largest absolute Gasteiger partial charge is 0.481 e. The Bertz CT molecular complexity index is 141. The minimum absolute atomic E-state index is 0.329. The average molecular weight is 186 g/mol. The molecular weight excluding hydrogens is 164 g/mol. The van der Waals surface area contributed by atoms with Crippen LogP contribution < -0.4 is 0 Å². The Kier molecular flexibility index (Phi) is 6.65. The quantitative estimate of drug-likeness (QED) is 0.619. The summed E-state index contributed by atoms with van der Waals surface area (Å²) in [6.45, 7) is 6.74. The Hall–Kier alpha value is -0.530. The topological polar surface area (TPSA) is 37.3 Å². The van der Waals surface area contributed by atoms with Crippen LogP contribution in [0.15, 0.2) is 0 Å². The Morgan fingerprint density at radius 2 is 1.77 bits per heavy atom. The first-order valence-corrected chi connectivity index (χ1v) is 5.25. The number of carboxylic acids is 1. The normalized spacial score (nSPS) is 13.2. The summed E-state index contributed by atoms with van der Waals surface area (Å²) in [5.41, 5.74) is 0. The van der Waals surface area contributed by atoms with Crippen molar-refractivity contribution in [3.63, 3.8) is 0 Å². The highest BCUT2D eigenvalue weighted by molar-refractivity contribution is 5.66. The monoisotopic (exact) mass is 186 g/mol. The van der Waals surface area contributed by atoms with Crippen LogP contribution in [0.2, 0.25) is 0 Å². The van der Waals surface area contributed by atoms with E-state index in [-0.39, 0.29) is 0 Å². The van der Waals surface area contributed by atoms with Crippen molar-refractivity contribution < 1.29 is 9.90 Å². The van der Waals surface area contributed by atoms with Crippen molar-refractivity contribution >= 4 is 5.97 Å². The number of carbonyl (C=O) groups is 1. The van der Waals surface area contributed by atoms with Gasteiger partial charge in [0.15, 0.2) is 0 Å². The molecule has 0 amide bonds. The van der Waals surface area contributed by atoms with Gasteiger partial charge < -0.3 is 5.11 Å². The zero-order valence-corrected chi connectivity index (χ0v) is 9.05. The highest BCUT2D eigenvalue weighted by Gasteiger charge is 2.06. The molecule has 0 fully saturated rings. The van der Waals surface area contributed by atoms with Gasteiger partial charge in [0.25, 0.3) is 0 Å². The number of aliphatic carboxylic acids is 1. The van der Waals surface area contributed by atoms with Crippen molar-refractivity contribution in [3.05, 3.63) is 0 Å². The Labute approximate surface area is 81.3 Å². The van der Waals surface area contributed by atoms with Crippen molar-refractivity contribution in [2.24, 2.45) is 11.8 Å². The number of unbranched alkanes of at least 4 members (excludes halogenated alkanes) is 2. The van der Waals surface area contributed by atoms with E-state index >= 15 is 0 Å². The highest BCUT2D eigenvalue weighted by Crippen LogP contribution is 2.17. The standard InChI is InChI=1S/C11H22O2/c1-9(2)10(3)7-5-4-6-8-11(12)13/h9-10H,4-8H2,1-3H3,(H,12,13). The summed E-state index contributed by atoms with van der Waals surface area (Å²) in [7, 11) is 0. The summed E-state index contributed by atoms with van der Waals surface area (Å²) in [5.74, 6) is 0.848. The van der Waals surface area contributed by atoms with Crippen LogP contribution in [0.25, 0.3) is 0 Å². The Balaban J connectivity index is 3.21. The molecule has 0 aromatic rings. The van der Waals surface area contributed by atoms with E-state index in [4.69, 9.17) is 5.11 Å². The van der Waals surface area contributed by atoms with Gasteiger partial charge in [-0.3, -0.25) is 4.79 Å². The summed E-state index contributed by atoms with van der Waals surface area (Å²) >= 11 is 0. The highest BCUT2D eigenvalue weighted by atomic mass is 16.4. The smallest absolute Gasteiger partial charge is 0.303 e. The van der Waals surface area contributed by atoms with Gasteiger partial charge in [-0.15, -0.1) is 0 Å². The lowest BCUT2D eigenvalue weighted by atomic mass is 9.92. The molecule has 1 unspecified atom stereocenters. The molecule has 0 rings (SSSR count). The first-order valence-electron chi connectivity index (χ1n) is 5.25. The fourth-order valence-electron chi connectivity index (χ4n) is 1.25. The van der Waals surface area contributed by atoms with E-state index in [1.807, 2.05) is 0 Å². The van der Waals surface area contributed by atoms with Gasteiger partial charge in [-0.05, 0) is 18.3 Å². The van der Waals surface area contributed by atoms with Gasteiger partial charge in [0, 0.05) is 6.42 Å². The van der Waals surface area contributed by atoms with E-state index in [2.05, 4.69) is 20.8 Å². The van der Waals surface area contributed by atoms with E-state index in [9.17, 15) is 4.79 Å². The summed E-state index contributed by atoms with van der Waals surface area (Å²) in [6.07, 6.45) is 4.63. The molecule has 0 saturated carbocycles. The van der Waals surface area contributed by atoms with Crippen LogP contribution in [0, 0.1) is 11.8 Å². The second-order valence-electron chi connectivity index (χ2n) is 4.21. The van der Waals surface area contributed by atoms with Gasteiger partial charge in [0.05, 0.1) is 0 Å². The molecule has 0 aromatic heterocycles. The summed E-state index contributed by atoms with van der Waals surface area (Å²) < 4.78 is 0. The first kappa shape index (κ1) is 12.5. The lowest BCUT2D eigenvalue weighted by Crippen LogP contribution is -2.03. The van der Waals surface area contributed by atoms with Crippen molar-refractivity contribution in [3.8, 4) is 0 Å². The summed E-state index contributed by atoms with van der Waals surface area (Å²) in [4.78, 5) is 10.2. The number of carboxylic acid groups (broad SMARTS) is 1. The number of hydrogen-bond acceptors (Lipinski definition) is 1. The molecule has 0 radical (unpaired) electrons. The molecule has 0 aliphatic rings. The molecular formula is C11H22O2. The number of rotatable bonds is 7. The number of hydrogen-bond donors (Lipinski definition) is 1. The van der Waals surface area contributed by atoms with Gasteiger partial charge in [-0.2, -0.15) is 0 Å². The van der Waals surface area contributed by atoms with Crippen molar-refractivity contribution in [1.29, 1.82) is 0 Å². The third-order valence-electron chi connectivity index (χ3n) is 2.69. The van der Waals surface area contributed by atoms with E-state index in [1.54, 1.807) is 0 Å². The van der Waals surface area contributed by atoms with E-state index in [1.165, 1.54) is 12.8 Å². The van der Waals surface area contributed by atoms with E-state index in [0.717, 1.165) is 24.7 Å². The van der Waals surface area contributed by atoms with Crippen LogP contribution in [0.3, 0.4) is 0 Å². The van der Waals surface area contributed by atoms with Gasteiger partial charge >= 0.3 is 5.97 Å². The van der Waals surface area contributed by atoms with Crippen LogP contribution in [0.5, 0.6) is 0 Å². The molecule has 2 heteroatoms. The maximum Gasteiger partial charge on any atom is 0.303 e. The molecule has 0 heterocycles. The molecule has 2 nitrogen and oxygen atoms in total. The van der Waals surface area contributed by atoms with Gasteiger partial charge in [0.1, 0.15) is 0 Å². The molecule has 0 spiro atoms. The predicted molar refractivity (Wildman–Crippen MR) is 54.7 cm³/mol. The third-order valence-corrected chi connectivity index (χ3v) is 2.69. The maximum atomic E-state index is 10.2. The first-order chi connectivity index (χ1) is 6.04. The molecule has 0 aliphatic heterocycles. The molecule has 1 N–H and O–H groups in total. The minimum Gasteiger partial charge on any atom is -0.481 e. The molecule has 0 aliphatic carbocycles. The second-order valence-corrected chi connectivity index (χ2v) is 4.21. The molecule has 0 saturated heterocycles. The SMILES string of the molecule is CC(C)C(C)CCCCCC(=O)O. The van der Waals surface area contributed by atoms with Crippen LogP contribution in [-0.2, 0) is 4.79 Å². The minimum atomic E-state index is -0.670. The maximum absolute atomic E-state index is 10.2. The molecule has 78 valence electrons. The van der Waals surface area contributed by atoms with E-state index < -0.39 is 5.97 Å². The Morgan fingerprint density at radius 3 is 2.23 bits per heavy atom. The summed E-state index contributed by atoms with van der Waals surface area (Å²) in [6, 6.07) is 0. The lowest BCUT2D eigenvalue weighted by molar-refractivity contribution is -0.137. The molecule has 0 aromatic carbocycles. The predicted octanol–water partition coefficient (Wildman–Crippen LogP) is 3.31. The Morgan fingerprint density at radius 1 is 1.15 bits per heavy atom. The molecule has 1 atom stereocenters. The van der Waals surface area contributed by atoms with Crippen LogP contribution in [0.4, 0.5) is 0 Å². The zero-order valence-electron chi connectivity index (χ0n) is 9.05. The molecule has 0 bridgehead atoms. The van der Waals surface area contributed by atoms with Crippen molar-refractivity contribution in [1.82, 2.24) is 0 Å². The lowest BCUT2D eigenvalue weighted by Gasteiger charge is -2.14. The fourth-order valence-corrected chi connectivity index (χ4v) is 1.25. The third kappa shape index (κ3) is 7.82. The van der Waals surface area contributed by atoms with Crippen molar-refractivity contribution in [2.75, 3.05) is 0 Å². The van der Waals surface area contributed by atoms with Crippen LogP contribution in [-0.4, -0.2) is 11.1 Å². The average Bonchev–Trinajstić information content (AvgIpc) is 2.02. The van der Waals surface area contributed by atoms with E-state index in [0.29, 0.717) is 6.42 Å². The van der Waals surface area contributed by atoms with Crippen LogP contribution >= 0.6 is 0 Å². The zero-order chi connectivity index (χ0) is 10.3. The van der Waals surface area contributed by atoms with Gasteiger partial charge in [0.2, 0.25) is 0 Å². The fraction of sp³-hybridized carbons (Fsp3) is 0.909. The van der Waals surface area contributed by atoms with Crippen LogP contribution in [0.1, 0.15) is 52.9 Å².